The van der Waals surface area contributed by atoms with Gasteiger partial charge >= 0.3 is 0 Å². The summed E-state index contributed by atoms with van der Waals surface area (Å²) in [5.41, 5.74) is 3.02. The highest BCUT2D eigenvalue weighted by Gasteiger charge is 2.20. The molecule has 2 heterocycles. The molecule has 4 nitrogen and oxygen atoms in total. The van der Waals surface area contributed by atoms with Crippen LogP contribution >= 0.6 is 0 Å². The van der Waals surface area contributed by atoms with Gasteiger partial charge in [-0.1, -0.05) is 13.3 Å². The van der Waals surface area contributed by atoms with Gasteiger partial charge in [0.2, 0.25) is 0 Å². The molecule has 1 aliphatic carbocycles. The van der Waals surface area contributed by atoms with Crippen LogP contribution in [0.3, 0.4) is 0 Å². The van der Waals surface area contributed by atoms with E-state index in [4.69, 9.17) is 0 Å². The summed E-state index contributed by atoms with van der Waals surface area (Å²) in [6.45, 7) is 4.08. The number of rotatable bonds is 4. The maximum Gasteiger partial charge on any atom is 0.128 e. The molecule has 1 aliphatic rings. The topological polar surface area (TPSA) is 34.8 Å². The third-order valence-corrected chi connectivity index (χ3v) is 4.26. The van der Waals surface area contributed by atoms with Crippen molar-refractivity contribution in [2.45, 2.75) is 45.2 Å². The Bertz CT molecular complexity index is 567. The summed E-state index contributed by atoms with van der Waals surface area (Å²) in [6, 6.07) is 0.528. The molecule has 0 radical (unpaired) electrons. The lowest BCUT2D eigenvalue weighted by Gasteiger charge is -2.15. The van der Waals surface area contributed by atoms with Gasteiger partial charge in [0.15, 0.2) is 0 Å². The molecule has 2 aromatic rings. The molecule has 0 saturated heterocycles. The number of aromatic nitrogens is 3. The molecule has 1 N–H and O–H groups in total. The Kier molecular flexibility index (Phi) is 3.92. The third kappa shape index (κ3) is 2.66. The predicted octanol–water partition coefficient (Wildman–Crippen LogP) is 2.65. The SMILES string of the molecule is CCNC1CCCCc2cn(Cc3nccn3C)cc21. The van der Waals surface area contributed by atoms with Crippen LogP contribution in [0, 0.1) is 0 Å². The minimum absolute atomic E-state index is 0.528. The van der Waals surface area contributed by atoms with E-state index in [0.29, 0.717) is 6.04 Å². The zero-order valence-electron chi connectivity index (χ0n) is 12.5. The molecule has 0 aromatic carbocycles. The lowest BCUT2D eigenvalue weighted by atomic mass is 10.0. The van der Waals surface area contributed by atoms with Crippen LogP contribution in [-0.2, 0) is 20.0 Å². The van der Waals surface area contributed by atoms with E-state index in [0.717, 1.165) is 18.9 Å². The molecular formula is C16H24N4. The highest BCUT2D eigenvalue weighted by Crippen LogP contribution is 2.29. The van der Waals surface area contributed by atoms with Crippen molar-refractivity contribution in [3.05, 3.63) is 41.7 Å². The van der Waals surface area contributed by atoms with E-state index in [1.165, 1.54) is 36.8 Å². The van der Waals surface area contributed by atoms with E-state index in [9.17, 15) is 0 Å². The van der Waals surface area contributed by atoms with Gasteiger partial charge in [-0.2, -0.15) is 0 Å². The Morgan fingerprint density at radius 1 is 1.35 bits per heavy atom. The van der Waals surface area contributed by atoms with Gasteiger partial charge in [0, 0.05) is 37.9 Å². The third-order valence-electron chi connectivity index (χ3n) is 4.26. The fourth-order valence-electron chi connectivity index (χ4n) is 3.18. The maximum atomic E-state index is 4.42. The number of hydrogen-bond acceptors (Lipinski definition) is 2. The average molecular weight is 272 g/mol. The summed E-state index contributed by atoms with van der Waals surface area (Å²) < 4.78 is 4.38. The zero-order valence-corrected chi connectivity index (χ0v) is 12.5. The molecule has 3 rings (SSSR count). The molecule has 2 aromatic heterocycles. The van der Waals surface area contributed by atoms with Crippen LogP contribution in [0.2, 0.25) is 0 Å². The summed E-state index contributed by atoms with van der Waals surface area (Å²) in [5, 5.41) is 3.63. The minimum atomic E-state index is 0.528. The van der Waals surface area contributed by atoms with E-state index in [2.05, 4.69) is 45.8 Å². The van der Waals surface area contributed by atoms with E-state index < -0.39 is 0 Å². The van der Waals surface area contributed by atoms with Crippen LogP contribution in [-0.4, -0.2) is 20.7 Å². The number of nitrogens with one attached hydrogen (secondary N) is 1. The van der Waals surface area contributed by atoms with Crippen molar-refractivity contribution < 1.29 is 0 Å². The van der Waals surface area contributed by atoms with Crippen molar-refractivity contribution >= 4 is 0 Å². The molecule has 0 bridgehead atoms. The van der Waals surface area contributed by atoms with E-state index >= 15 is 0 Å². The second-order valence-electron chi connectivity index (χ2n) is 5.72. The average Bonchev–Trinajstić information content (AvgIpc) is 2.97. The van der Waals surface area contributed by atoms with E-state index in [1.807, 2.05) is 12.4 Å². The summed E-state index contributed by atoms with van der Waals surface area (Å²) in [5.74, 6) is 1.11. The monoisotopic (exact) mass is 272 g/mol. The molecule has 0 amide bonds. The van der Waals surface area contributed by atoms with Gasteiger partial charge in [-0.25, -0.2) is 4.98 Å². The lowest BCUT2D eigenvalue weighted by Crippen LogP contribution is -2.20. The van der Waals surface area contributed by atoms with Crippen LogP contribution < -0.4 is 5.32 Å². The second kappa shape index (κ2) is 5.83. The highest BCUT2D eigenvalue weighted by molar-refractivity contribution is 5.29. The minimum Gasteiger partial charge on any atom is -0.346 e. The van der Waals surface area contributed by atoms with Gasteiger partial charge in [-0.05, 0) is 36.9 Å². The smallest absolute Gasteiger partial charge is 0.128 e. The van der Waals surface area contributed by atoms with Gasteiger partial charge in [0.1, 0.15) is 5.82 Å². The van der Waals surface area contributed by atoms with Crippen molar-refractivity contribution in [2.24, 2.45) is 7.05 Å². The van der Waals surface area contributed by atoms with Crippen LogP contribution in [0.15, 0.2) is 24.8 Å². The molecule has 108 valence electrons. The fourth-order valence-corrected chi connectivity index (χ4v) is 3.18. The first-order valence-corrected chi connectivity index (χ1v) is 7.66. The van der Waals surface area contributed by atoms with Gasteiger partial charge in [0.05, 0.1) is 6.54 Å². The molecule has 1 atom stereocenters. The lowest BCUT2D eigenvalue weighted by molar-refractivity contribution is 0.502. The number of hydrogen-bond donors (Lipinski definition) is 1. The second-order valence-corrected chi connectivity index (χ2v) is 5.72. The quantitative estimate of drug-likeness (QED) is 0.868. The van der Waals surface area contributed by atoms with Crippen LogP contribution in [0.4, 0.5) is 0 Å². The van der Waals surface area contributed by atoms with Crippen molar-refractivity contribution in [1.82, 2.24) is 19.4 Å². The Labute approximate surface area is 120 Å². The Balaban J connectivity index is 1.85. The maximum absolute atomic E-state index is 4.42. The van der Waals surface area contributed by atoms with Gasteiger partial charge in [-0.3, -0.25) is 0 Å². The molecule has 20 heavy (non-hydrogen) atoms. The molecule has 4 heteroatoms. The van der Waals surface area contributed by atoms with E-state index in [1.54, 1.807) is 0 Å². The number of aryl methyl sites for hydroxylation is 2. The van der Waals surface area contributed by atoms with Crippen LogP contribution in [0.25, 0.3) is 0 Å². The highest BCUT2D eigenvalue weighted by atomic mass is 15.1. The van der Waals surface area contributed by atoms with Crippen molar-refractivity contribution in [3.63, 3.8) is 0 Å². The molecule has 0 spiro atoms. The molecular weight excluding hydrogens is 248 g/mol. The van der Waals surface area contributed by atoms with E-state index in [-0.39, 0.29) is 0 Å². The van der Waals surface area contributed by atoms with Crippen molar-refractivity contribution in [1.29, 1.82) is 0 Å². The van der Waals surface area contributed by atoms with Gasteiger partial charge in [0.25, 0.3) is 0 Å². The Morgan fingerprint density at radius 2 is 2.25 bits per heavy atom. The van der Waals surface area contributed by atoms with Crippen molar-refractivity contribution in [2.75, 3.05) is 6.54 Å². The Hall–Kier alpha value is -1.55. The first-order valence-electron chi connectivity index (χ1n) is 7.66. The zero-order chi connectivity index (χ0) is 13.9. The molecule has 0 saturated carbocycles. The standard InChI is InChI=1S/C16H24N4/c1-3-17-15-7-5-4-6-13-10-20(11-14(13)15)12-16-18-8-9-19(16)2/h8-11,15,17H,3-7,12H2,1-2H3. The summed E-state index contributed by atoms with van der Waals surface area (Å²) in [7, 11) is 2.05. The number of imidazole rings is 1. The number of fused-ring (bicyclic) bond motifs is 1. The molecule has 1 unspecified atom stereocenters. The van der Waals surface area contributed by atoms with Crippen molar-refractivity contribution in [3.8, 4) is 0 Å². The fraction of sp³-hybridized carbons (Fsp3) is 0.562. The summed E-state index contributed by atoms with van der Waals surface area (Å²) >= 11 is 0. The molecule has 0 fully saturated rings. The largest absolute Gasteiger partial charge is 0.346 e. The van der Waals surface area contributed by atoms with Crippen LogP contribution in [0.5, 0.6) is 0 Å². The first-order chi connectivity index (χ1) is 9.78. The summed E-state index contributed by atoms with van der Waals surface area (Å²) in [4.78, 5) is 4.42. The summed E-state index contributed by atoms with van der Waals surface area (Å²) in [6.07, 6.45) is 13.6. The number of nitrogens with zero attached hydrogens (tertiary/aromatic N) is 3. The predicted molar refractivity (Wildman–Crippen MR) is 80.7 cm³/mol. The van der Waals surface area contributed by atoms with Crippen LogP contribution in [0.1, 0.15) is 49.2 Å². The first kappa shape index (κ1) is 13.4. The Morgan fingerprint density at radius 3 is 3.00 bits per heavy atom. The van der Waals surface area contributed by atoms with Gasteiger partial charge in [-0.15, -0.1) is 0 Å². The van der Waals surface area contributed by atoms with Gasteiger partial charge < -0.3 is 14.5 Å². The molecule has 0 aliphatic heterocycles. The normalized spacial score (nSPS) is 18.8.